The molecule has 10 heteroatoms. The second-order valence-electron chi connectivity index (χ2n) is 8.47. The van der Waals surface area contributed by atoms with E-state index in [0.29, 0.717) is 19.6 Å². The average molecular weight is 480 g/mol. The third kappa shape index (κ3) is 3.85. The van der Waals surface area contributed by atoms with Gasteiger partial charge in [0.2, 0.25) is 5.43 Å². The largest absolute Gasteiger partial charge is 0.497 e. The Kier molecular flexibility index (Phi) is 5.60. The molecule has 0 bridgehead atoms. The van der Waals surface area contributed by atoms with Gasteiger partial charge in [0.15, 0.2) is 5.82 Å². The molecule has 2 aromatic heterocycles. The summed E-state index contributed by atoms with van der Waals surface area (Å²) in [7, 11) is 3.10. The zero-order chi connectivity index (χ0) is 24.9. The highest BCUT2D eigenvalue weighted by molar-refractivity contribution is 5.97. The second kappa shape index (κ2) is 8.62. The Labute approximate surface area is 198 Å². The number of aromatic carboxylic acids is 1. The maximum atomic E-state index is 15.7. The van der Waals surface area contributed by atoms with Gasteiger partial charge in [-0.25, -0.2) is 18.6 Å². The molecular formula is C25H22F2N4O4. The first-order valence-corrected chi connectivity index (χ1v) is 11.0. The van der Waals surface area contributed by atoms with Crippen molar-refractivity contribution in [3.05, 3.63) is 75.6 Å². The van der Waals surface area contributed by atoms with Crippen molar-refractivity contribution in [1.82, 2.24) is 14.9 Å². The number of methoxy groups -OCH3 is 1. The first kappa shape index (κ1) is 22.7. The van der Waals surface area contributed by atoms with Gasteiger partial charge < -0.3 is 24.6 Å². The lowest BCUT2D eigenvalue weighted by atomic mass is 10.0. The summed E-state index contributed by atoms with van der Waals surface area (Å²) < 4.78 is 37.6. The summed E-state index contributed by atoms with van der Waals surface area (Å²) in [5.74, 6) is -2.27. The number of benzene rings is 2. The number of halogens is 2. The zero-order valence-corrected chi connectivity index (χ0v) is 19.0. The lowest BCUT2D eigenvalue weighted by Gasteiger charge is -2.36. The molecule has 1 saturated heterocycles. The molecule has 0 saturated carbocycles. The number of ether oxygens (including phenoxy) is 1. The van der Waals surface area contributed by atoms with Crippen LogP contribution in [0.25, 0.3) is 21.9 Å². The van der Waals surface area contributed by atoms with Crippen molar-refractivity contribution in [3.8, 4) is 5.75 Å². The number of carbonyl (C=O) groups is 1. The van der Waals surface area contributed by atoms with Gasteiger partial charge in [0.1, 0.15) is 34.0 Å². The van der Waals surface area contributed by atoms with Crippen molar-refractivity contribution in [1.29, 1.82) is 0 Å². The summed E-state index contributed by atoms with van der Waals surface area (Å²) >= 11 is 0. The summed E-state index contributed by atoms with van der Waals surface area (Å²) in [4.78, 5) is 30.0. The first-order chi connectivity index (χ1) is 16.8. The van der Waals surface area contributed by atoms with Gasteiger partial charge in [-0.3, -0.25) is 4.79 Å². The Balaban J connectivity index is 1.59. The zero-order valence-electron chi connectivity index (χ0n) is 19.0. The minimum atomic E-state index is -1.38. The SMILES string of the molecule is COc1ccc(C2CN(c3c(F)cc4cc5c(=O)c(C(=O)O)cn(C)c5nc4c3F)CCN2)cc1. The molecule has 0 radical (unpaired) electrons. The van der Waals surface area contributed by atoms with Crippen molar-refractivity contribution in [2.24, 2.45) is 7.05 Å². The molecule has 1 unspecified atom stereocenters. The molecule has 2 N–H and O–H groups in total. The standard InChI is InChI=1S/C25H22F2N4O4/c1-30-11-17(25(33)34)23(32)16-9-14-10-18(26)22(20(27)21(14)29-24(16)30)31-8-7-28-19(12-31)13-3-5-15(35-2)6-4-13/h3-6,9-11,19,28H,7-8,12H2,1-2H3,(H,33,34). The molecule has 4 aromatic rings. The van der Waals surface area contributed by atoms with Crippen LogP contribution in [0.2, 0.25) is 0 Å². The Hall–Kier alpha value is -4.05. The molecule has 5 rings (SSSR count). The lowest BCUT2D eigenvalue weighted by molar-refractivity contribution is 0.0695. The number of nitrogens with zero attached hydrogens (tertiary/aromatic N) is 3. The van der Waals surface area contributed by atoms with Crippen molar-refractivity contribution in [2.75, 3.05) is 31.6 Å². The van der Waals surface area contributed by atoms with Crippen molar-refractivity contribution in [3.63, 3.8) is 0 Å². The predicted octanol–water partition coefficient (Wildman–Crippen LogP) is 3.22. The molecule has 1 aliphatic heterocycles. The molecule has 0 aliphatic carbocycles. The minimum absolute atomic E-state index is 0.0202. The molecule has 0 spiro atoms. The quantitative estimate of drug-likeness (QED) is 0.433. The monoisotopic (exact) mass is 480 g/mol. The average Bonchev–Trinajstić information content (AvgIpc) is 2.85. The van der Waals surface area contributed by atoms with Crippen LogP contribution in [0.5, 0.6) is 5.75 Å². The number of carboxylic acids is 1. The van der Waals surface area contributed by atoms with E-state index in [9.17, 15) is 14.7 Å². The summed E-state index contributed by atoms with van der Waals surface area (Å²) in [6.45, 7) is 1.24. The number of nitrogens with one attached hydrogen (secondary N) is 1. The molecule has 180 valence electrons. The molecule has 1 atom stereocenters. The number of hydrogen-bond acceptors (Lipinski definition) is 6. The number of aromatic nitrogens is 2. The molecule has 2 aromatic carbocycles. The molecule has 1 aliphatic rings. The van der Waals surface area contributed by atoms with Crippen LogP contribution in [0.1, 0.15) is 22.0 Å². The highest BCUT2D eigenvalue weighted by Gasteiger charge is 2.27. The van der Waals surface area contributed by atoms with Gasteiger partial charge in [-0.05, 0) is 29.8 Å². The van der Waals surface area contributed by atoms with Crippen LogP contribution < -0.4 is 20.4 Å². The first-order valence-electron chi connectivity index (χ1n) is 11.0. The van der Waals surface area contributed by atoms with Crippen molar-refractivity contribution < 1.29 is 23.4 Å². The third-order valence-electron chi connectivity index (χ3n) is 6.34. The van der Waals surface area contributed by atoms with Crippen LogP contribution in [0.15, 0.2) is 47.4 Å². The number of pyridine rings is 2. The molecular weight excluding hydrogens is 458 g/mol. The summed E-state index contributed by atoms with van der Waals surface area (Å²) in [5, 5.41) is 12.7. The number of anilines is 1. The van der Waals surface area contributed by atoms with E-state index in [-0.39, 0.29) is 33.7 Å². The van der Waals surface area contributed by atoms with Crippen LogP contribution >= 0.6 is 0 Å². The van der Waals surface area contributed by atoms with E-state index in [1.165, 1.54) is 17.7 Å². The minimum Gasteiger partial charge on any atom is -0.497 e. The number of piperazine rings is 1. The van der Waals surface area contributed by atoms with Crippen LogP contribution in [-0.4, -0.2) is 47.4 Å². The molecule has 8 nitrogen and oxygen atoms in total. The Morgan fingerprint density at radius 1 is 1.23 bits per heavy atom. The number of carboxylic acid groups (broad SMARTS) is 1. The Morgan fingerprint density at radius 3 is 2.66 bits per heavy atom. The second-order valence-corrected chi connectivity index (χ2v) is 8.47. The van der Waals surface area contributed by atoms with Gasteiger partial charge in [0.05, 0.1) is 12.5 Å². The van der Waals surface area contributed by atoms with E-state index >= 15 is 8.78 Å². The van der Waals surface area contributed by atoms with E-state index in [1.54, 1.807) is 12.0 Å². The van der Waals surface area contributed by atoms with Crippen LogP contribution in [-0.2, 0) is 7.05 Å². The van der Waals surface area contributed by atoms with Gasteiger partial charge in [-0.15, -0.1) is 0 Å². The van der Waals surface area contributed by atoms with Crippen LogP contribution in [0.4, 0.5) is 14.5 Å². The fraction of sp³-hybridized carbons (Fsp3) is 0.240. The molecule has 1 fully saturated rings. The fourth-order valence-corrected chi connectivity index (χ4v) is 4.58. The van der Waals surface area contributed by atoms with E-state index in [1.807, 2.05) is 24.3 Å². The Morgan fingerprint density at radius 2 is 1.97 bits per heavy atom. The van der Waals surface area contributed by atoms with Crippen molar-refractivity contribution >= 4 is 33.6 Å². The van der Waals surface area contributed by atoms with Crippen molar-refractivity contribution in [2.45, 2.75) is 6.04 Å². The molecule has 35 heavy (non-hydrogen) atoms. The number of hydrogen-bond donors (Lipinski definition) is 2. The summed E-state index contributed by atoms with van der Waals surface area (Å²) in [6.07, 6.45) is 1.14. The maximum Gasteiger partial charge on any atom is 0.341 e. The lowest BCUT2D eigenvalue weighted by Crippen LogP contribution is -2.46. The van der Waals surface area contributed by atoms with E-state index < -0.39 is 28.6 Å². The molecule has 0 amide bonds. The van der Waals surface area contributed by atoms with Gasteiger partial charge >= 0.3 is 5.97 Å². The third-order valence-corrected chi connectivity index (χ3v) is 6.34. The normalized spacial score (nSPS) is 16.1. The number of fused-ring (bicyclic) bond motifs is 2. The predicted molar refractivity (Wildman–Crippen MR) is 127 cm³/mol. The van der Waals surface area contributed by atoms with Gasteiger partial charge in [-0.1, -0.05) is 12.1 Å². The van der Waals surface area contributed by atoms with Gasteiger partial charge in [0.25, 0.3) is 0 Å². The maximum absolute atomic E-state index is 15.7. The summed E-state index contributed by atoms with van der Waals surface area (Å²) in [5.41, 5.74) is -0.396. The fourth-order valence-electron chi connectivity index (χ4n) is 4.58. The van der Waals surface area contributed by atoms with Gasteiger partial charge in [0, 0.05) is 44.3 Å². The highest BCUT2D eigenvalue weighted by Crippen LogP contribution is 2.33. The smallest absolute Gasteiger partial charge is 0.341 e. The van der Waals surface area contributed by atoms with E-state index in [4.69, 9.17) is 4.74 Å². The van der Waals surface area contributed by atoms with Gasteiger partial charge in [-0.2, -0.15) is 0 Å². The topological polar surface area (TPSA) is 96.7 Å². The highest BCUT2D eigenvalue weighted by atomic mass is 19.1. The molecule has 3 heterocycles. The number of rotatable bonds is 4. The number of aryl methyl sites for hydroxylation is 1. The van der Waals surface area contributed by atoms with E-state index in [0.717, 1.165) is 23.6 Å². The summed E-state index contributed by atoms with van der Waals surface area (Å²) in [6, 6.07) is 9.77. The van der Waals surface area contributed by atoms with Crippen LogP contribution in [0.3, 0.4) is 0 Å². The van der Waals surface area contributed by atoms with Crippen LogP contribution in [0, 0.1) is 11.6 Å². The Bertz CT molecular complexity index is 1540. The van der Waals surface area contributed by atoms with E-state index in [2.05, 4.69) is 10.3 Å².